The Balaban J connectivity index is 2.31. The Morgan fingerprint density at radius 3 is 2.92 bits per heavy atom. The zero-order chi connectivity index (χ0) is 9.68. The first-order valence-electron chi connectivity index (χ1n) is 5.19. The average Bonchev–Trinajstić information content (AvgIpc) is 2.44. The predicted octanol–water partition coefficient (Wildman–Crippen LogP) is 0.868. The second-order valence-electron chi connectivity index (χ2n) is 3.82. The van der Waals surface area contributed by atoms with Gasteiger partial charge in [0.15, 0.2) is 0 Å². The molecule has 1 fully saturated rings. The normalized spacial score (nSPS) is 29.8. The summed E-state index contributed by atoms with van der Waals surface area (Å²) >= 11 is 0. The Bertz CT molecular complexity index is 141. The maximum Gasteiger partial charge on any atom is 0.0682 e. The Morgan fingerprint density at radius 1 is 1.54 bits per heavy atom. The van der Waals surface area contributed by atoms with Gasteiger partial charge in [-0.2, -0.15) is 0 Å². The van der Waals surface area contributed by atoms with Crippen LogP contribution in [0.1, 0.15) is 26.2 Å². The molecule has 0 saturated carbocycles. The van der Waals surface area contributed by atoms with Crippen molar-refractivity contribution in [1.82, 2.24) is 4.90 Å². The third kappa shape index (κ3) is 3.25. The highest BCUT2D eigenvalue weighted by Crippen LogP contribution is 2.21. The van der Waals surface area contributed by atoms with Gasteiger partial charge in [0.05, 0.1) is 12.7 Å². The molecule has 0 aliphatic carbocycles. The Labute approximate surface area is 80.7 Å². The lowest BCUT2D eigenvalue weighted by atomic mass is 10.1. The number of ether oxygens (including phenoxy) is 1. The smallest absolute Gasteiger partial charge is 0.0682 e. The lowest BCUT2D eigenvalue weighted by Gasteiger charge is -2.22. The van der Waals surface area contributed by atoms with Crippen LogP contribution in [0.25, 0.3) is 0 Å². The fourth-order valence-corrected chi connectivity index (χ4v) is 2.07. The second kappa shape index (κ2) is 5.58. The van der Waals surface area contributed by atoms with Crippen LogP contribution in [0, 0.1) is 0 Å². The van der Waals surface area contributed by atoms with Gasteiger partial charge in [-0.25, -0.2) is 0 Å². The zero-order valence-electron chi connectivity index (χ0n) is 8.70. The van der Waals surface area contributed by atoms with E-state index in [9.17, 15) is 5.11 Å². The van der Waals surface area contributed by atoms with Gasteiger partial charge >= 0.3 is 0 Å². The molecule has 13 heavy (non-hydrogen) atoms. The van der Waals surface area contributed by atoms with E-state index in [-0.39, 0.29) is 6.10 Å². The van der Waals surface area contributed by atoms with Crippen molar-refractivity contribution in [2.45, 2.75) is 38.3 Å². The topological polar surface area (TPSA) is 32.7 Å². The van der Waals surface area contributed by atoms with Crippen LogP contribution in [-0.4, -0.2) is 49.0 Å². The number of aliphatic hydroxyl groups excluding tert-OH is 1. The molecule has 3 nitrogen and oxygen atoms in total. The maximum atomic E-state index is 9.51. The van der Waals surface area contributed by atoms with Gasteiger partial charge in [0, 0.05) is 26.2 Å². The fourth-order valence-electron chi connectivity index (χ4n) is 2.07. The van der Waals surface area contributed by atoms with E-state index in [1.54, 1.807) is 7.11 Å². The number of methoxy groups -OCH3 is 1. The van der Waals surface area contributed by atoms with Crippen molar-refractivity contribution in [1.29, 1.82) is 0 Å². The summed E-state index contributed by atoms with van der Waals surface area (Å²) < 4.78 is 5.04. The molecule has 0 aromatic rings. The number of rotatable bonds is 5. The van der Waals surface area contributed by atoms with Gasteiger partial charge in [0.2, 0.25) is 0 Å². The van der Waals surface area contributed by atoms with Gasteiger partial charge in [-0.1, -0.05) is 13.3 Å². The first kappa shape index (κ1) is 11.0. The number of nitrogens with zero attached hydrogens (tertiary/aromatic N) is 1. The molecule has 78 valence electrons. The molecule has 0 radical (unpaired) electrons. The monoisotopic (exact) mass is 187 g/mol. The summed E-state index contributed by atoms with van der Waals surface area (Å²) in [6.45, 7) is 4.75. The average molecular weight is 187 g/mol. The molecule has 1 saturated heterocycles. The van der Waals surface area contributed by atoms with Gasteiger partial charge in [-0.05, 0) is 12.8 Å². The van der Waals surface area contributed by atoms with Crippen LogP contribution in [0.4, 0.5) is 0 Å². The zero-order valence-corrected chi connectivity index (χ0v) is 8.70. The van der Waals surface area contributed by atoms with Gasteiger partial charge in [-0.15, -0.1) is 0 Å². The van der Waals surface area contributed by atoms with Crippen molar-refractivity contribution in [2.75, 3.05) is 26.8 Å². The SMILES string of the molecule is CCC[C@H]1C[C@@H](O)CN1CCOC. The molecular formula is C10H21NO2. The summed E-state index contributed by atoms with van der Waals surface area (Å²) in [6.07, 6.45) is 3.22. The summed E-state index contributed by atoms with van der Waals surface area (Å²) in [5, 5.41) is 9.51. The van der Waals surface area contributed by atoms with Crippen molar-refractivity contribution in [3.63, 3.8) is 0 Å². The molecule has 0 aromatic heterocycles. The Hall–Kier alpha value is -0.120. The molecule has 1 rings (SSSR count). The van der Waals surface area contributed by atoms with E-state index in [1.165, 1.54) is 12.8 Å². The van der Waals surface area contributed by atoms with E-state index in [0.29, 0.717) is 6.04 Å². The number of hydrogen-bond donors (Lipinski definition) is 1. The lowest BCUT2D eigenvalue weighted by molar-refractivity contribution is 0.128. The minimum Gasteiger partial charge on any atom is -0.392 e. The van der Waals surface area contributed by atoms with Crippen molar-refractivity contribution >= 4 is 0 Å². The summed E-state index contributed by atoms with van der Waals surface area (Å²) in [5.74, 6) is 0. The highest BCUT2D eigenvalue weighted by Gasteiger charge is 2.29. The largest absolute Gasteiger partial charge is 0.392 e. The van der Waals surface area contributed by atoms with Crippen molar-refractivity contribution in [3.8, 4) is 0 Å². The highest BCUT2D eigenvalue weighted by atomic mass is 16.5. The minimum atomic E-state index is -0.117. The van der Waals surface area contributed by atoms with Gasteiger partial charge < -0.3 is 9.84 Å². The molecule has 0 unspecified atom stereocenters. The van der Waals surface area contributed by atoms with Crippen LogP contribution >= 0.6 is 0 Å². The van der Waals surface area contributed by atoms with E-state index in [4.69, 9.17) is 4.74 Å². The molecule has 0 spiro atoms. The molecule has 1 aliphatic heterocycles. The number of β-amino-alcohol motifs (C(OH)–C–C–N with tert-alkyl or cyclic N) is 1. The first-order chi connectivity index (χ1) is 6.27. The molecular weight excluding hydrogens is 166 g/mol. The number of likely N-dealkylation sites (tertiary alicyclic amines) is 1. The van der Waals surface area contributed by atoms with Crippen LogP contribution in [0.15, 0.2) is 0 Å². The standard InChI is InChI=1S/C10H21NO2/c1-3-4-9-7-10(12)8-11(9)5-6-13-2/h9-10,12H,3-8H2,1-2H3/t9-,10+/m0/s1. The van der Waals surface area contributed by atoms with E-state index in [1.807, 2.05) is 0 Å². The van der Waals surface area contributed by atoms with Crippen molar-refractivity contribution in [3.05, 3.63) is 0 Å². The van der Waals surface area contributed by atoms with Crippen molar-refractivity contribution < 1.29 is 9.84 Å². The molecule has 2 atom stereocenters. The molecule has 0 aromatic carbocycles. The van der Waals surface area contributed by atoms with Crippen molar-refractivity contribution in [2.24, 2.45) is 0 Å². The van der Waals surface area contributed by atoms with Gasteiger partial charge in [0.25, 0.3) is 0 Å². The first-order valence-corrected chi connectivity index (χ1v) is 5.19. The van der Waals surface area contributed by atoms with Crippen LogP contribution < -0.4 is 0 Å². The molecule has 1 aliphatic rings. The molecule has 3 heteroatoms. The molecule has 1 heterocycles. The molecule has 1 N–H and O–H groups in total. The van der Waals surface area contributed by atoms with E-state index < -0.39 is 0 Å². The van der Waals surface area contributed by atoms with E-state index in [0.717, 1.165) is 26.1 Å². The highest BCUT2D eigenvalue weighted by molar-refractivity contribution is 4.84. The number of hydrogen-bond acceptors (Lipinski definition) is 3. The van der Waals surface area contributed by atoms with Crippen LogP contribution in [0.3, 0.4) is 0 Å². The third-order valence-electron chi connectivity index (χ3n) is 2.71. The van der Waals surface area contributed by atoms with Crippen LogP contribution in [-0.2, 0) is 4.74 Å². The van der Waals surface area contributed by atoms with E-state index >= 15 is 0 Å². The van der Waals surface area contributed by atoms with E-state index in [2.05, 4.69) is 11.8 Å². The number of aliphatic hydroxyl groups is 1. The summed E-state index contributed by atoms with van der Waals surface area (Å²) in [4.78, 5) is 2.34. The molecule has 0 bridgehead atoms. The van der Waals surface area contributed by atoms with Gasteiger partial charge in [0.1, 0.15) is 0 Å². The maximum absolute atomic E-state index is 9.51. The second-order valence-corrected chi connectivity index (χ2v) is 3.82. The quantitative estimate of drug-likeness (QED) is 0.693. The lowest BCUT2D eigenvalue weighted by Crippen LogP contribution is -2.32. The minimum absolute atomic E-state index is 0.117. The third-order valence-corrected chi connectivity index (χ3v) is 2.71. The Morgan fingerprint density at radius 2 is 2.31 bits per heavy atom. The Kier molecular flexibility index (Phi) is 4.70. The summed E-state index contributed by atoms with van der Waals surface area (Å²) in [5.41, 5.74) is 0. The molecule has 0 amide bonds. The predicted molar refractivity (Wildman–Crippen MR) is 52.8 cm³/mol. The fraction of sp³-hybridized carbons (Fsp3) is 1.00. The summed E-state index contributed by atoms with van der Waals surface area (Å²) in [7, 11) is 1.72. The van der Waals surface area contributed by atoms with Crippen LogP contribution in [0.5, 0.6) is 0 Å². The van der Waals surface area contributed by atoms with Crippen LogP contribution in [0.2, 0.25) is 0 Å². The van der Waals surface area contributed by atoms with Gasteiger partial charge in [-0.3, -0.25) is 4.90 Å². The summed E-state index contributed by atoms with van der Waals surface area (Å²) in [6, 6.07) is 0.579.